The van der Waals surface area contributed by atoms with Crippen LogP contribution >= 0.6 is 27.7 Å². The van der Waals surface area contributed by atoms with Crippen molar-refractivity contribution in [1.82, 2.24) is 15.1 Å². The predicted molar refractivity (Wildman–Crippen MR) is 85.8 cm³/mol. The molecular weight excluding hydrogens is 326 g/mol. The minimum atomic E-state index is 0.311. The average molecular weight is 350 g/mol. The highest BCUT2D eigenvalue weighted by Gasteiger charge is 2.19. The third-order valence-corrected chi connectivity index (χ3v) is 4.52. The maximum Gasteiger partial charge on any atom is 0.0705 e. The third kappa shape index (κ3) is 5.45. The van der Waals surface area contributed by atoms with Crippen molar-refractivity contribution in [2.45, 2.75) is 38.6 Å². The van der Waals surface area contributed by atoms with Gasteiger partial charge in [0.1, 0.15) is 0 Å². The van der Waals surface area contributed by atoms with Crippen LogP contribution in [0.5, 0.6) is 0 Å². The number of nitrogens with zero attached hydrogens (tertiary/aromatic N) is 2. The van der Waals surface area contributed by atoms with Gasteiger partial charge in [0.15, 0.2) is 0 Å². The number of hydrogen-bond donors (Lipinski definition) is 1. The van der Waals surface area contributed by atoms with E-state index in [1.54, 1.807) is 7.11 Å². The zero-order valence-corrected chi connectivity index (χ0v) is 14.6. The maximum atomic E-state index is 5.15. The second-order valence-electron chi connectivity index (χ2n) is 4.59. The lowest BCUT2D eigenvalue weighted by atomic mass is 10.2. The molecule has 1 heterocycles. The first kappa shape index (κ1) is 17.0. The van der Waals surface area contributed by atoms with Crippen molar-refractivity contribution in [3.63, 3.8) is 0 Å². The molecule has 0 fully saturated rings. The lowest BCUT2D eigenvalue weighted by Gasteiger charge is -2.21. The van der Waals surface area contributed by atoms with Crippen LogP contribution in [0.2, 0.25) is 0 Å². The molecule has 0 amide bonds. The van der Waals surface area contributed by atoms with Crippen molar-refractivity contribution in [3.05, 3.63) is 16.4 Å². The van der Waals surface area contributed by atoms with Gasteiger partial charge in [-0.2, -0.15) is 16.9 Å². The molecule has 4 nitrogen and oxygen atoms in total. The zero-order chi connectivity index (χ0) is 14.3. The summed E-state index contributed by atoms with van der Waals surface area (Å²) in [5.41, 5.74) is 1.21. The molecule has 0 aliphatic carbocycles. The number of aromatic nitrogens is 2. The van der Waals surface area contributed by atoms with Crippen LogP contribution in [-0.4, -0.2) is 41.0 Å². The summed E-state index contributed by atoms with van der Waals surface area (Å²) in [6, 6.07) is 0.311. The van der Waals surface area contributed by atoms with E-state index in [1.807, 2.05) is 22.6 Å². The van der Waals surface area contributed by atoms with Gasteiger partial charge >= 0.3 is 0 Å². The SMILES string of the molecule is CCNC(CSC(C)C)c1c(Br)cnn1CCOC. The molecule has 0 radical (unpaired) electrons. The highest BCUT2D eigenvalue weighted by Crippen LogP contribution is 2.27. The van der Waals surface area contributed by atoms with Gasteiger partial charge in [0, 0.05) is 12.9 Å². The molecule has 1 aromatic heterocycles. The smallest absolute Gasteiger partial charge is 0.0705 e. The molecule has 1 rings (SSSR count). The molecule has 0 saturated heterocycles. The number of nitrogens with one attached hydrogen (secondary N) is 1. The minimum absolute atomic E-state index is 0.311. The van der Waals surface area contributed by atoms with Crippen molar-refractivity contribution in [1.29, 1.82) is 0 Å². The first-order valence-electron chi connectivity index (χ1n) is 6.65. The van der Waals surface area contributed by atoms with Gasteiger partial charge in [-0.15, -0.1) is 0 Å². The Balaban J connectivity index is 2.83. The Hall–Kier alpha value is -0.0400. The Morgan fingerprint density at radius 3 is 2.84 bits per heavy atom. The van der Waals surface area contributed by atoms with E-state index in [0.29, 0.717) is 17.9 Å². The van der Waals surface area contributed by atoms with E-state index in [2.05, 4.69) is 47.1 Å². The fourth-order valence-corrected chi connectivity index (χ4v) is 3.27. The quantitative estimate of drug-likeness (QED) is 0.743. The summed E-state index contributed by atoms with van der Waals surface area (Å²) in [7, 11) is 1.72. The topological polar surface area (TPSA) is 39.1 Å². The lowest BCUT2D eigenvalue weighted by Crippen LogP contribution is -2.27. The summed E-state index contributed by atoms with van der Waals surface area (Å²) < 4.78 is 8.24. The Labute approximate surface area is 128 Å². The summed E-state index contributed by atoms with van der Waals surface area (Å²) in [6.07, 6.45) is 1.87. The molecule has 110 valence electrons. The van der Waals surface area contributed by atoms with Crippen LogP contribution in [0.15, 0.2) is 10.7 Å². The van der Waals surface area contributed by atoms with Gasteiger partial charge in [0.2, 0.25) is 0 Å². The van der Waals surface area contributed by atoms with Crippen LogP contribution in [0, 0.1) is 0 Å². The van der Waals surface area contributed by atoms with Gasteiger partial charge in [-0.3, -0.25) is 4.68 Å². The molecule has 0 aliphatic heterocycles. The van der Waals surface area contributed by atoms with Gasteiger partial charge in [-0.1, -0.05) is 20.8 Å². The Kier molecular flexibility index (Phi) is 8.06. The van der Waals surface area contributed by atoms with Crippen molar-refractivity contribution >= 4 is 27.7 Å². The van der Waals surface area contributed by atoms with Crippen LogP contribution in [0.3, 0.4) is 0 Å². The Morgan fingerprint density at radius 1 is 1.53 bits per heavy atom. The fraction of sp³-hybridized carbons (Fsp3) is 0.769. The molecule has 0 aromatic carbocycles. The molecule has 0 bridgehead atoms. The summed E-state index contributed by atoms with van der Waals surface area (Å²) in [4.78, 5) is 0. The third-order valence-electron chi connectivity index (χ3n) is 2.72. The van der Waals surface area contributed by atoms with Crippen LogP contribution in [0.1, 0.15) is 32.5 Å². The second kappa shape index (κ2) is 9.00. The highest BCUT2D eigenvalue weighted by atomic mass is 79.9. The standard InChI is InChI=1S/C13H24BrN3OS/c1-5-15-12(9-19-10(2)3)13-11(14)8-16-17(13)6-7-18-4/h8,10,12,15H,5-7,9H2,1-4H3. The van der Waals surface area contributed by atoms with Gasteiger partial charge < -0.3 is 10.1 Å². The van der Waals surface area contributed by atoms with Crippen molar-refractivity contribution in [2.24, 2.45) is 0 Å². The number of ether oxygens (including phenoxy) is 1. The van der Waals surface area contributed by atoms with Gasteiger partial charge in [-0.25, -0.2) is 0 Å². The minimum Gasteiger partial charge on any atom is -0.383 e. The Morgan fingerprint density at radius 2 is 2.26 bits per heavy atom. The number of rotatable bonds is 9. The fourth-order valence-electron chi connectivity index (χ4n) is 1.84. The Bertz CT molecular complexity index is 371. The number of methoxy groups -OCH3 is 1. The van der Waals surface area contributed by atoms with E-state index in [0.717, 1.165) is 23.3 Å². The molecule has 1 aromatic rings. The summed E-state index contributed by atoms with van der Waals surface area (Å²) >= 11 is 5.58. The monoisotopic (exact) mass is 349 g/mol. The van der Waals surface area contributed by atoms with E-state index < -0.39 is 0 Å². The molecule has 1 unspecified atom stereocenters. The lowest BCUT2D eigenvalue weighted by molar-refractivity contribution is 0.182. The van der Waals surface area contributed by atoms with E-state index >= 15 is 0 Å². The maximum absolute atomic E-state index is 5.15. The average Bonchev–Trinajstić information content (AvgIpc) is 2.73. The summed E-state index contributed by atoms with van der Waals surface area (Å²) in [5.74, 6) is 1.04. The summed E-state index contributed by atoms with van der Waals surface area (Å²) in [6.45, 7) is 9.00. The second-order valence-corrected chi connectivity index (χ2v) is 7.05. The van der Waals surface area contributed by atoms with Crippen molar-refractivity contribution in [2.75, 3.05) is 26.0 Å². The van der Waals surface area contributed by atoms with Gasteiger partial charge in [-0.05, 0) is 27.7 Å². The molecule has 0 saturated carbocycles. The van der Waals surface area contributed by atoms with E-state index in [-0.39, 0.29) is 0 Å². The van der Waals surface area contributed by atoms with Gasteiger partial charge in [0.25, 0.3) is 0 Å². The van der Waals surface area contributed by atoms with Crippen molar-refractivity contribution in [3.8, 4) is 0 Å². The molecule has 0 aliphatic rings. The van der Waals surface area contributed by atoms with Crippen LogP contribution in [0.4, 0.5) is 0 Å². The van der Waals surface area contributed by atoms with Crippen LogP contribution in [0.25, 0.3) is 0 Å². The molecule has 19 heavy (non-hydrogen) atoms. The molecule has 1 N–H and O–H groups in total. The molecule has 6 heteroatoms. The number of halogens is 1. The number of hydrogen-bond acceptors (Lipinski definition) is 4. The largest absolute Gasteiger partial charge is 0.383 e. The van der Waals surface area contributed by atoms with E-state index in [9.17, 15) is 0 Å². The molecular formula is C13H24BrN3OS. The molecule has 0 spiro atoms. The van der Waals surface area contributed by atoms with Crippen molar-refractivity contribution < 1.29 is 4.74 Å². The predicted octanol–water partition coefficient (Wildman–Crippen LogP) is 3.08. The highest BCUT2D eigenvalue weighted by molar-refractivity contribution is 9.10. The van der Waals surface area contributed by atoms with E-state index in [4.69, 9.17) is 4.74 Å². The van der Waals surface area contributed by atoms with E-state index in [1.165, 1.54) is 5.69 Å². The normalized spacial score (nSPS) is 13.2. The summed E-state index contributed by atoms with van der Waals surface area (Å²) in [5, 5.41) is 8.60. The van der Waals surface area contributed by atoms with Crippen LogP contribution in [-0.2, 0) is 11.3 Å². The number of thioether (sulfide) groups is 1. The zero-order valence-electron chi connectivity index (χ0n) is 12.1. The molecule has 1 atom stereocenters. The van der Waals surface area contributed by atoms with Gasteiger partial charge in [0.05, 0.1) is 35.6 Å². The van der Waals surface area contributed by atoms with Crippen LogP contribution < -0.4 is 5.32 Å². The first-order chi connectivity index (χ1) is 9.10. The first-order valence-corrected chi connectivity index (χ1v) is 8.49.